The van der Waals surface area contributed by atoms with E-state index in [9.17, 15) is 5.11 Å². The molecule has 14 heavy (non-hydrogen) atoms. The Balaban J connectivity index is 2.57. The largest absolute Gasteiger partial charge is 0.399 e. The van der Waals surface area contributed by atoms with Crippen molar-refractivity contribution in [3.05, 3.63) is 35.7 Å². The van der Waals surface area contributed by atoms with Crippen molar-refractivity contribution in [2.24, 2.45) is 11.6 Å². The second-order valence-corrected chi connectivity index (χ2v) is 3.22. The Kier molecular flexibility index (Phi) is 1.83. The molecule has 1 aliphatic rings. The highest BCUT2D eigenvalue weighted by molar-refractivity contribution is 5.66. The lowest BCUT2D eigenvalue weighted by Crippen LogP contribution is -2.37. The highest BCUT2D eigenvalue weighted by Gasteiger charge is 2.21. The van der Waals surface area contributed by atoms with Crippen LogP contribution in [0, 0.1) is 0 Å². The highest BCUT2D eigenvalue weighted by Crippen LogP contribution is 2.33. The maximum absolute atomic E-state index is 9.66. The van der Waals surface area contributed by atoms with Crippen molar-refractivity contribution in [3.63, 3.8) is 0 Å². The number of rotatable bonds is 0. The third-order valence-electron chi connectivity index (χ3n) is 2.24. The summed E-state index contributed by atoms with van der Waals surface area (Å²) in [7, 11) is 0. The minimum Gasteiger partial charge on any atom is -0.399 e. The van der Waals surface area contributed by atoms with Crippen molar-refractivity contribution in [2.75, 3.05) is 10.7 Å². The molecule has 0 amide bonds. The molecule has 5 heteroatoms. The summed E-state index contributed by atoms with van der Waals surface area (Å²) in [6, 6.07) is 5.13. The molecule has 1 aliphatic heterocycles. The molecular formula is C9H12N4O. The number of nitrogens with two attached hydrogens (primary N) is 3. The molecule has 74 valence electrons. The summed E-state index contributed by atoms with van der Waals surface area (Å²) in [4.78, 5) is 0. The van der Waals surface area contributed by atoms with Crippen molar-refractivity contribution in [3.8, 4) is 0 Å². The number of aliphatic hydroxyl groups excluding tert-OH is 1. The van der Waals surface area contributed by atoms with Crippen molar-refractivity contribution in [1.29, 1.82) is 0 Å². The maximum atomic E-state index is 9.66. The SMILES string of the molecule is NC1=CC(O)c2ccc(N)cc2N1N. The number of nitrogens with zero attached hydrogens (tertiary/aromatic N) is 1. The van der Waals surface area contributed by atoms with Crippen LogP contribution in [0.4, 0.5) is 11.4 Å². The second-order valence-electron chi connectivity index (χ2n) is 3.22. The molecule has 1 atom stereocenters. The molecule has 5 nitrogen and oxygen atoms in total. The van der Waals surface area contributed by atoms with Gasteiger partial charge >= 0.3 is 0 Å². The fourth-order valence-corrected chi connectivity index (χ4v) is 1.49. The average Bonchev–Trinajstić information content (AvgIpc) is 2.14. The van der Waals surface area contributed by atoms with Gasteiger partial charge in [-0.1, -0.05) is 6.07 Å². The van der Waals surface area contributed by atoms with Gasteiger partial charge in [-0.2, -0.15) is 0 Å². The highest BCUT2D eigenvalue weighted by atomic mass is 16.3. The minimum atomic E-state index is -0.717. The molecule has 1 heterocycles. The fourth-order valence-electron chi connectivity index (χ4n) is 1.49. The number of anilines is 2. The summed E-state index contributed by atoms with van der Waals surface area (Å²) >= 11 is 0. The third kappa shape index (κ3) is 1.19. The van der Waals surface area contributed by atoms with Crippen LogP contribution in [-0.4, -0.2) is 5.11 Å². The Hall–Kier alpha value is -1.72. The predicted octanol–water partition coefficient (Wildman–Crippen LogP) is -0.204. The summed E-state index contributed by atoms with van der Waals surface area (Å²) in [6.45, 7) is 0. The van der Waals surface area contributed by atoms with Crippen LogP contribution < -0.4 is 22.3 Å². The molecule has 0 aromatic heterocycles. The minimum absolute atomic E-state index is 0.315. The van der Waals surface area contributed by atoms with Crippen LogP contribution in [0.1, 0.15) is 11.7 Å². The molecule has 1 aromatic carbocycles. The second kappa shape index (κ2) is 2.90. The van der Waals surface area contributed by atoms with E-state index in [1.807, 2.05) is 0 Å². The molecule has 0 saturated heterocycles. The zero-order valence-corrected chi connectivity index (χ0v) is 7.51. The van der Waals surface area contributed by atoms with Crippen molar-refractivity contribution < 1.29 is 5.11 Å². The quantitative estimate of drug-likeness (QED) is 0.337. The third-order valence-corrected chi connectivity index (χ3v) is 2.24. The fraction of sp³-hybridized carbons (Fsp3) is 0.111. The van der Waals surface area contributed by atoms with E-state index in [1.165, 1.54) is 11.1 Å². The first-order valence-electron chi connectivity index (χ1n) is 4.19. The molecule has 0 spiro atoms. The van der Waals surface area contributed by atoms with E-state index in [2.05, 4.69) is 0 Å². The lowest BCUT2D eigenvalue weighted by Gasteiger charge is -2.28. The zero-order valence-electron chi connectivity index (χ0n) is 7.51. The van der Waals surface area contributed by atoms with Crippen molar-refractivity contribution in [2.45, 2.75) is 6.10 Å². The van der Waals surface area contributed by atoms with Gasteiger partial charge in [0.2, 0.25) is 0 Å². The molecule has 0 fully saturated rings. The predicted molar refractivity (Wildman–Crippen MR) is 54.8 cm³/mol. The molecule has 0 bridgehead atoms. The summed E-state index contributed by atoms with van der Waals surface area (Å²) < 4.78 is 0. The van der Waals surface area contributed by atoms with E-state index in [0.717, 1.165) is 0 Å². The molecule has 0 saturated carbocycles. The first-order chi connectivity index (χ1) is 6.59. The monoisotopic (exact) mass is 192 g/mol. The molecule has 0 radical (unpaired) electrons. The van der Waals surface area contributed by atoms with Gasteiger partial charge in [-0.3, -0.25) is 5.01 Å². The lowest BCUT2D eigenvalue weighted by molar-refractivity contribution is 0.225. The number of aliphatic hydroxyl groups is 1. The standard InChI is InChI=1S/C9H12N4O/c10-5-1-2-6-7(3-5)13(12)9(11)4-8(6)14/h1-4,8,14H,10-12H2. The van der Waals surface area contributed by atoms with Gasteiger partial charge in [0.25, 0.3) is 0 Å². The van der Waals surface area contributed by atoms with Gasteiger partial charge in [-0.25, -0.2) is 5.84 Å². The molecule has 7 N–H and O–H groups in total. The van der Waals surface area contributed by atoms with Gasteiger partial charge in [0.1, 0.15) is 11.9 Å². The Morgan fingerprint density at radius 1 is 1.29 bits per heavy atom. The number of hydrogen-bond donors (Lipinski definition) is 4. The molecule has 0 aliphatic carbocycles. The van der Waals surface area contributed by atoms with Gasteiger partial charge < -0.3 is 16.6 Å². The van der Waals surface area contributed by atoms with Crippen molar-refractivity contribution >= 4 is 11.4 Å². The first kappa shape index (κ1) is 8.86. The van der Waals surface area contributed by atoms with Crippen LogP contribution >= 0.6 is 0 Å². The van der Waals surface area contributed by atoms with E-state index in [1.54, 1.807) is 18.2 Å². The zero-order chi connectivity index (χ0) is 10.3. The van der Waals surface area contributed by atoms with E-state index in [4.69, 9.17) is 17.3 Å². The Morgan fingerprint density at radius 2 is 2.00 bits per heavy atom. The Labute approximate surface area is 81.4 Å². The number of benzene rings is 1. The van der Waals surface area contributed by atoms with E-state index >= 15 is 0 Å². The topological polar surface area (TPSA) is 102 Å². The summed E-state index contributed by atoms with van der Waals surface area (Å²) in [5, 5.41) is 11.0. The van der Waals surface area contributed by atoms with Crippen molar-refractivity contribution in [1.82, 2.24) is 0 Å². The van der Waals surface area contributed by atoms with Crippen LogP contribution in [0.25, 0.3) is 0 Å². The summed E-state index contributed by atoms with van der Waals surface area (Å²) in [5.41, 5.74) is 13.1. The number of hydrogen-bond acceptors (Lipinski definition) is 5. The molecule has 1 aromatic rings. The van der Waals surface area contributed by atoms with E-state index in [-0.39, 0.29) is 0 Å². The normalized spacial score (nSPS) is 20.3. The van der Waals surface area contributed by atoms with Crippen LogP contribution in [0.15, 0.2) is 30.1 Å². The van der Waals surface area contributed by atoms with E-state index < -0.39 is 6.10 Å². The Bertz CT molecular complexity index is 402. The van der Waals surface area contributed by atoms with Crippen LogP contribution in [-0.2, 0) is 0 Å². The van der Waals surface area contributed by atoms with Crippen LogP contribution in [0.5, 0.6) is 0 Å². The van der Waals surface area contributed by atoms with Gasteiger partial charge in [0, 0.05) is 11.3 Å². The molecule has 2 rings (SSSR count). The number of nitrogen functional groups attached to an aromatic ring is 1. The van der Waals surface area contributed by atoms with Crippen LogP contribution in [0.2, 0.25) is 0 Å². The van der Waals surface area contributed by atoms with Gasteiger partial charge in [0.05, 0.1) is 5.69 Å². The van der Waals surface area contributed by atoms with Crippen LogP contribution in [0.3, 0.4) is 0 Å². The van der Waals surface area contributed by atoms with E-state index in [0.29, 0.717) is 22.8 Å². The smallest absolute Gasteiger partial charge is 0.117 e. The summed E-state index contributed by atoms with van der Waals surface area (Å²) in [6.07, 6.45) is 0.767. The number of hydrazine groups is 1. The Morgan fingerprint density at radius 3 is 2.71 bits per heavy atom. The molecular weight excluding hydrogens is 180 g/mol. The first-order valence-corrected chi connectivity index (χ1v) is 4.19. The average molecular weight is 192 g/mol. The van der Waals surface area contributed by atoms with Gasteiger partial charge in [-0.05, 0) is 18.2 Å². The maximum Gasteiger partial charge on any atom is 0.117 e. The van der Waals surface area contributed by atoms with Gasteiger partial charge in [0.15, 0.2) is 0 Å². The lowest BCUT2D eigenvalue weighted by atomic mass is 10.0. The number of fused-ring (bicyclic) bond motifs is 1. The molecule has 1 unspecified atom stereocenters. The van der Waals surface area contributed by atoms with Gasteiger partial charge in [-0.15, -0.1) is 0 Å². The summed E-state index contributed by atoms with van der Waals surface area (Å²) in [5.74, 6) is 6.01.